The fourth-order valence-corrected chi connectivity index (χ4v) is 1.85. The van der Waals surface area contributed by atoms with Crippen molar-refractivity contribution in [1.82, 2.24) is 5.32 Å². The molecule has 1 rings (SSSR count). The number of nitrogens with two attached hydrogens (primary N) is 1. The lowest BCUT2D eigenvalue weighted by molar-refractivity contribution is -0.120. The third-order valence-electron chi connectivity index (χ3n) is 2.20. The van der Waals surface area contributed by atoms with Crippen LogP contribution < -0.4 is 16.4 Å². The third kappa shape index (κ3) is 5.44. The maximum atomic E-state index is 11.7. The Bertz CT molecular complexity index is 497. The first-order valence-electron chi connectivity index (χ1n) is 5.83. The predicted octanol–water partition coefficient (Wildman–Crippen LogP) is 2.30. The van der Waals surface area contributed by atoms with E-state index in [0.717, 1.165) is 0 Å². The Morgan fingerprint density at radius 2 is 2.05 bits per heavy atom. The topological polar surface area (TPSA) is 67.2 Å². The molecule has 0 aliphatic carbocycles. The first kappa shape index (κ1) is 15.7. The first-order valence-corrected chi connectivity index (χ1v) is 6.62. The van der Waals surface area contributed by atoms with Crippen LogP contribution in [0, 0.1) is 0 Å². The van der Waals surface area contributed by atoms with E-state index in [0.29, 0.717) is 16.3 Å². The zero-order valence-corrected chi connectivity index (χ0v) is 12.8. The molecule has 1 aromatic rings. The van der Waals surface area contributed by atoms with Crippen molar-refractivity contribution in [2.45, 2.75) is 26.3 Å². The van der Waals surface area contributed by atoms with Crippen LogP contribution in [0.4, 0.5) is 5.69 Å². The summed E-state index contributed by atoms with van der Waals surface area (Å²) in [5, 5.41) is 6.41. The summed E-state index contributed by atoms with van der Waals surface area (Å²) in [5.74, 6) is -0.101. The molecule has 1 aromatic carbocycles. The normalized spacial score (nSPS) is 10.9. The van der Waals surface area contributed by atoms with Crippen LogP contribution >= 0.6 is 23.8 Å². The van der Waals surface area contributed by atoms with Gasteiger partial charge >= 0.3 is 0 Å². The number of halogens is 1. The van der Waals surface area contributed by atoms with Gasteiger partial charge in [-0.1, -0.05) is 23.8 Å². The van der Waals surface area contributed by atoms with Crippen molar-refractivity contribution >= 4 is 40.4 Å². The quantitative estimate of drug-likeness (QED) is 0.746. The molecule has 0 saturated heterocycles. The second kappa shape index (κ2) is 6.21. The molecule has 0 saturated carbocycles. The zero-order chi connectivity index (χ0) is 14.6. The van der Waals surface area contributed by atoms with E-state index >= 15 is 0 Å². The van der Waals surface area contributed by atoms with Gasteiger partial charge in [0.1, 0.15) is 4.99 Å². The van der Waals surface area contributed by atoms with Crippen LogP contribution in [0.3, 0.4) is 0 Å². The highest BCUT2D eigenvalue weighted by atomic mass is 35.5. The standard InChI is InChI=1S/C13H18ClN3OS/c1-13(2,3)17-11(18)7-16-10-5-4-8(14)6-9(10)12(15)19/h4-6,16H,7H2,1-3H3,(H2,15,19)(H,17,18). The zero-order valence-electron chi connectivity index (χ0n) is 11.2. The van der Waals surface area contributed by atoms with Gasteiger partial charge in [-0.05, 0) is 39.0 Å². The molecule has 0 radical (unpaired) electrons. The number of hydrogen-bond acceptors (Lipinski definition) is 3. The van der Waals surface area contributed by atoms with Gasteiger partial charge in [-0.15, -0.1) is 0 Å². The van der Waals surface area contributed by atoms with E-state index in [2.05, 4.69) is 10.6 Å². The largest absolute Gasteiger partial charge is 0.389 e. The molecule has 0 aliphatic rings. The first-order chi connectivity index (χ1) is 8.69. The minimum Gasteiger partial charge on any atom is -0.389 e. The van der Waals surface area contributed by atoms with Gasteiger partial charge in [0.05, 0.1) is 6.54 Å². The van der Waals surface area contributed by atoms with Gasteiger partial charge in [-0.25, -0.2) is 0 Å². The molecule has 0 spiro atoms. The average molecular weight is 300 g/mol. The highest BCUT2D eigenvalue weighted by Gasteiger charge is 2.14. The summed E-state index contributed by atoms with van der Waals surface area (Å²) in [6.45, 7) is 5.92. The number of nitrogens with one attached hydrogen (secondary N) is 2. The minimum atomic E-state index is -0.259. The minimum absolute atomic E-state index is 0.101. The van der Waals surface area contributed by atoms with Crippen LogP contribution in [-0.2, 0) is 4.79 Å². The molecule has 4 N–H and O–H groups in total. The molecular formula is C13H18ClN3OS. The smallest absolute Gasteiger partial charge is 0.239 e. The van der Waals surface area contributed by atoms with Crippen molar-refractivity contribution in [3.05, 3.63) is 28.8 Å². The average Bonchev–Trinajstić information content (AvgIpc) is 2.24. The van der Waals surface area contributed by atoms with Gasteiger partial charge in [-0.3, -0.25) is 4.79 Å². The van der Waals surface area contributed by atoms with E-state index in [-0.39, 0.29) is 23.0 Å². The lowest BCUT2D eigenvalue weighted by Gasteiger charge is -2.21. The van der Waals surface area contributed by atoms with Crippen LogP contribution in [0.25, 0.3) is 0 Å². The van der Waals surface area contributed by atoms with Gasteiger partial charge in [0.2, 0.25) is 5.91 Å². The lowest BCUT2D eigenvalue weighted by Crippen LogP contribution is -2.43. The number of amides is 1. The van der Waals surface area contributed by atoms with Crippen LogP contribution in [0.2, 0.25) is 5.02 Å². The Labute approximate surface area is 123 Å². The van der Waals surface area contributed by atoms with Crippen molar-refractivity contribution in [3.8, 4) is 0 Å². The third-order valence-corrected chi connectivity index (χ3v) is 2.66. The van der Waals surface area contributed by atoms with Crippen LogP contribution in [0.1, 0.15) is 26.3 Å². The Morgan fingerprint density at radius 1 is 1.42 bits per heavy atom. The summed E-state index contributed by atoms with van der Waals surface area (Å²) in [6.07, 6.45) is 0. The number of thiocarbonyl (C=S) groups is 1. The number of hydrogen-bond donors (Lipinski definition) is 3. The molecular weight excluding hydrogens is 282 g/mol. The fourth-order valence-electron chi connectivity index (χ4n) is 1.51. The molecule has 0 heterocycles. The molecule has 1 amide bonds. The number of carbonyl (C=O) groups excluding carboxylic acids is 1. The Morgan fingerprint density at radius 3 is 2.58 bits per heavy atom. The van der Waals surface area contributed by atoms with Gasteiger partial charge in [0, 0.05) is 21.8 Å². The van der Waals surface area contributed by atoms with Crippen molar-refractivity contribution in [2.75, 3.05) is 11.9 Å². The Hall–Kier alpha value is -1.33. The Balaban J connectivity index is 2.73. The van der Waals surface area contributed by atoms with E-state index in [4.69, 9.17) is 29.6 Å². The summed E-state index contributed by atoms with van der Waals surface area (Å²) in [6, 6.07) is 5.14. The van der Waals surface area contributed by atoms with E-state index < -0.39 is 0 Å². The second-order valence-electron chi connectivity index (χ2n) is 5.21. The highest BCUT2D eigenvalue weighted by molar-refractivity contribution is 7.80. The Kier molecular flexibility index (Phi) is 5.14. The van der Waals surface area contributed by atoms with Crippen LogP contribution in [0.5, 0.6) is 0 Å². The molecule has 0 aliphatic heterocycles. The van der Waals surface area contributed by atoms with Crippen LogP contribution in [-0.4, -0.2) is 23.0 Å². The maximum absolute atomic E-state index is 11.7. The molecule has 0 aromatic heterocycles. The predicted molar refractivity (Wildman–Crippen MR) is 83.7 cm³/mol. The van der Waals surface area contributed by atoms with Crippen LogP contribution in [0.15, 0.2) is 18.2 Å². The summed E-state index contributed by atoms with van der Waals surface area (Å²) in [7, 11) is 0. The summed E-state index contributed by atoms with van der Waals surface area (Å²) >= 11 is 10.8. The van der Waals surface area contributed by atoms with E-state index in [9.17, 15) is 4.79 Å². The lowest BCUT2D eigenvalue weighted by atomic mass is 10.1. The monoisotopic (exact) mass is 299 g/mol. The molecule has 6 heteroatoms. The van der Waals surface area contributed by atoms with Crippen molar-refractivity contribution in [2.24, 2.45) is 5.73 Å². The fraction of sp³-hybridized carbons (Fsp3) is 0.385. The van der Waals surface area contributed by atoms with E-state index in [1.54, 1.807) is 18.2 Å². The van der Waals surface area contributed by atoms with Gasteiger partial charge in [-0.2, -0.15) is 0 Å². The van der Waals surface area contributed by atoms with Gasteiger partial charge < -0.3 is 16.4 Å². The summed E-state index contributed by atoms with van der Waals surface area (Å²) in [4.78, 5) is 12.0. The van der Waals surface area contributed by atoms with E-state index in [1.807, 2.05) is 20.8 Å². The molecule has 0 unspecified atom stereocenters. The van der Waals surface area contributed by atoms with E-state index in [1.165, 1.54) is 0 Å². The summed E-state index contributed by atoms with van der Waals surface area (Å²) in [5.41, 5.74) is 6.69. The van der Waals surface area contributed by atoms with Crippen molar-refractivity contribution in [3.63, 3.8) is 0 Å². The van der Waals surface area contributed by atoms with Crippen molar-refractivity contribution < 1.29 is 4.79 Å². The molecule has 0 fully saturated rings. The number of benzene rings is 1. The molecule has 0 bridgehead atoms. The summed E-state index contributed by atoms with van der Waals surface area (Å²) < 4.78 is 0. The number of rotatable bonds is 4. The molecule has 0 atom stereocenters. The molecule has 4 nitrogen and oxygen atoms in total. The number of carbonyl (C=O) groups is 1. The van der Waals surface area contributed by atoms with Gasteiger partial charge in [0.25, 0.3) is 0 Å². The maximum Gasteiger partial charge on any atom is 0.239 e. The molecule has 104 valence electrons. The van der Waals surface area contributed by atoms with Crippen molar-refractivity contribution in [1.29, 1.82) is 0 Å². The SMILES string of the molecule is CC(C)(C)NC(=O)CNc1ccc(Cl)cc1C(N)=S. The molecule has 19 heavy (non-hydrogen) atoms. The second-order valence-corrected chi connectivity index (χ2v) is 6.08. The van der Waals surface area contributed by atoms with Gasteiger partial charge in [0.15, 0.2) is 0 Å². The number of anilines is 1. The highest BCUT2D eigenvalue weighted by Crippen LogP contribution is 2.20.